The van der Waals surface area contributed by atoms with E-state index in [4.69, 9.17) is 0 Å². The molecule has 0 heterocycles. The summed E-state index contributed by atoms with van der Waals surface area (Å²) in [5.41, 5.74) is 0.158. The first-order valence-electron chi connectivity index (χ1n) is 5.24. The van der Waals surface area contributed by atoms with Crippen molar-refractivity contribution < 1.29 is 27.1 Å². The molecule has 0 aliphatic rings. The van der Waals surface area contributed by atoms with Gasteiger partial charge in [0.05, 0.1) is 13.0 Å². The molecular formula is C12H11F4NO2. The summed E-state index contributed by atoms with van der Waals surface area (Å²) in [6.07, 6.45) is -4.51. The number of nitrogens with one attached hydrogen (secondary N) is 1. The van der Waals surface area contributed by atoms with Crippen LogP contribution in [-0.2, 0) is 4.79 Å². The minimum Gasteiger partial charge on any atom is -0.490 e. The van der Waals surface area contributed by atoms with Crippen molar-refractivity contribution in [2.45, 2.75) is 12.6 Å². The summed E-state index contributed by atoms with van der Waals surface area (Å²) in [4.78, 5) is 11.0. The van der Waals surface area contributed by atoms with E-state index in [9.17, 15) is 22.4 Å². The first-order chi connectivity index (χ1) is 8.81. The molecule has 0 aliphatic heterocycles. The van der Waals surface area contributed by atoms with Crippen LogP contribution in [0.15, 0.2) is 30.9 Å². The molecule has 1 N–H and O–H groups in total. The van der Waals surface area contributed by atoms with Crippen LogP contribution in [0.3, 0.4) is 0 Å². The Morgan fingerprint density at radius 3 is 2.63 bits per heavy atom. The first-order valence-corrected chi connectivity index (χ1v) is 5.24. The van der Waals surface area contributed by atoms with Gasteiger partial charge >= 0.3 is 6.18 Å². The number of ether oxygens (including phenoxy) is 1. The van der Waals surface area contributed by atoms with Crippen LogP contribution in [0.4, 0.5) is 23.2 Å². The van der Waals surface area contributed by atoms with Crippen LogP contribution in [0.1, 0.15) is 6.42 Å². The molecule has 104 valence electrons. The van der Waals surface area contributed by atoms with Gasteiger partial charge in [0.25, 0.3) is 0 Å². The van der Waals surface area contributed by atoms with Gasteiger partial charge in [-0.1, -0.05) is 6.58 Å². The lowest BCUT2D eigenvalue weighted by Gasteiger charge is -2.10. The molecule has 19 heavy (non-hydrogen) atoms. The minimum absolute atomic E-state index is 0.158. The number of hydrogen-bond donors (Lipinski definition) is 1. The van der Waals surface area contributed by atoms with Crippen molar-refractivity contribution in [2.75, 3.05) is 11.9 Å². The molecule has 1 aromatic carbocycles. The van der Waals surface area contributed by atoms with Gasteiger partial charge in [-0.3, -0.25) is 4.79 Å². The lowest BCUT2D eigenvalue weighted by molar-refractivity contribution is -0.139. The second kappa shape index (κ2) is 6.21. The van der Waals surface area contributed by atoms with Crippen molar-refractivity contribution in [3.05, 3.63) is 36.7 Å². The van der Waals surface area contributed by atoms with Gasteiger partial charge in [0, 0.05) is 11.8 Å². The van der Waals surface area contributed by atoms with E-state index in [-0.39, 0.29) is 11.4 Å². The Morgan fingerprint density at radius 2 is 2.11 bits per heavy atom. The maximum absolute atomic E-state index is 13.4. The number of amides is 1. The van der Waals surface area contributed by atoms with Crippen molar-refractivity contribution >= 4 is 11.6 Å². The molecule has 3 nitrogen and oxygen atoms in total. The van der Waals surface area contributed by atoms with Gasteiger partial charge in [0.2, 0.25) is 5.91 Å². The highest BCUT2D eigenvalue weighted by atomic mass is 19.4. The normalized spacial score (nSPS) is 10.9. The lowest BCUT2D eigenvalue weighted by Crippen LogP contribution is -2.13. The van der Waals surface area contributed by atoms with E-state index >= 15 is 0 Å². The largest absolute Gasteiger partial charge is 0.490 e. The monoisotopic (exact) mass is 277 g/mol. The Hall–Kier alpha value is -2.05. The van der Waals surface area contributed by atoms with E-state index in [1.807, 2.05) is 0 Å². The van der Waals surface area contributed by atoms with E-state index in [1.165, 1.54) is 6.07 Å². The van der Waals surface area contributed by atoms with Crippen LogP contribution >= 0.6 is 0 Å². The highest BCUT2D eigenvalue weighted by Crippen LogP contribution is 2.23. The van der Waals surface area contributed by atoms with Crippen molar-refractivity contribution in [2.24, 2.45) is 0 Å². The van der Waals surface area contributed by atoms with Crippen molar-refractivity contribution in [1.29, 1.82) is 0 Å². The fraction of sp³-hybridized carbons (Fsp3) is 0.250. The summed E-state index contributed by atoms with van der Waals surface area (Å²) in [6.45, 7) is 2.56. The Balaban J connectivity index is 2.62. The molecule has 0 aliphatic carbocycles. The average Bonchev–Trinajstić information content (AvgIpc) is 2.30. The zero-order valence-electron chi connectivity index (χ0n) is 9.76. The zero-order chi connectivity index (χ0) is 14.5. The van der Waals surface area contributed by atoms with Crippen molar-refractivity contribution in [3.63, 3.8) is 0 Å². The highest BCUT2D eigenvalue weighted by Gasteiger charge is 2.27. The summed E-state index contributed by atoms with van der Waals surface area (Å²) in [7, 11) is 0. The second-order valence-electron chi connectivity index (χ2n) is 3.55. The summed E-state index contributed by atoms with van der Waals surface area (Å²) in [5, 5.41) is 2.31. The molecule has 0 saturated carbocycles. The van der Waals surface area contributed by atoms with E-state index in [0.717, 1.165) is 18.2 Å². The Bertz CT molecular complexity index is 471. The predicted molar refractivity (Wildman–Crippen MR) is 61.4 cm³/mol. The van der Waals surface area contributed by atoms with Crippen molar-refractivity contribution in [3.8, 4) is 5.75 Å². The quantitative estimate of drug-likeness (QED) is 0.662. The second-order valence-corrected chi connectivity index (χ2v) is 3.55. The van der Waals surface area contributed by atoms with Gasteiger partial charge in [-0.2, -0.15) is 13.2 Å². The zero-order valence-corrected chi connectivity index (χ0v) is 9.76. The number of halogens is 4. The Morgan fingerprint density at radius 1 is 1.42 bits per heavy atom. The number of alkyl halides is 3. The molecule has 0 atom stereocenters. The third-order valence-electron chi connectivity index (χ3n) is 2.03. The first kappa shape index (κ1) is 15.0. The number of hydrogen-bond acceptors (Lipinski definition) is 2. The van der Waals surface area contributed by atoms with Crippen LogP contribution in [0.5, 0.6) is 5.75 Å². The van der Waals surface area contributed by atoms with E-state index in [1.54, 1.807) is 0 Å². The van der Waals surface area contributed by atoms with E-state index in [2.05, 4.69) is 16.6 Å². The Kier molecular flexibility index (Phi) is 4.91. The van der Waals surface area contributed by atoms with Gasteiger partial charge in [-0.15, -0.1) is 0 Å². The molecule has 1 amide bonds. The smallest absolute Gasteiger partial charge is 0.392 e. The topological polar surface area (TPSA) is 38.3 Å². The SMILES string of the molecule is C=CC(=O)Nc1ccc(OCCC(F)(F)F)c(F)c1. The van der Waals surface area contributed by atoms with Gasteiger partial charge in [-0.25, -0.2) is 4.39 Å². The van der Waals surface area contributed by atoms with E-state index in [0.29, 0.717) is 0 Å². The molecule has 7 heteroatoms. The van der Waals surface area contributed by atoms with Crippen molar-refractivity contribution in [1.82, 2.24) is 0 Å². The molecule has 1 aromatic rings. The van der Waals surface area contributed by atoms with E-state index < -0.39 is 30.9 Å². The number of carbonyl (C=O) groups is 1. The van der Waals surface area contributed by atoms with Gasteiger partial charge in [0.1, 0.15) is 0 Å². The lowest BCUT2D eigenvalue weighted by atomic mass is 10.3. The standard InChI is InChI=1S/C12H11F4NO2/c1-2-11(18)17-8-3-4-10(9(13)7-8)19-6-5-12(14,15)16/h2-4,7H,1,5-6H2,(H,17,18). The summed E-state index contributed by atoms with van der Waals surface area (Å²) < 4.78 is 53.7. The third-order valence-corrected chi connectivity index (χ3v) is 2.03. The molecule has 0 radical (unpaired) electrons. The molecule has 1 rings (SSSR count). The van der Waals surface area contributed by atoms with Gasteiger partial charge in [-0.05, 0) is 18.2 Å². The average molecular weight is 277 g/mol. The summed E-state index contributed by atoms with van der Waals surface area (Å²) >= 11 is 0. The van der Waals surface area contributed by atoms with Crippen LogP contribution in [0.25, 0.3) is 0 Å². The number of benzene rings is 1. The predicted octanol–water partition coefficient (Wildman–Crippen LogP) is 3.28. The molecule has 0 fully saturated rings. The summed E-state index contributed by atoms with van der Waals surface area (Å²) in [6, 6.07) is 3.40. The third kappa shape index (κ3) is 5.41. The maximum Gasteiger partial charge on any atom is 0.392 e. The molecule has 0 spiro atoms. The fourth-order valence-corrected chi connectivity index (χ4v) is 1.17. The summed E-state index contributed by atoms with van der Waals surface area (Å²) in [5.74, 6) is -1.69. The molecule has 0 unspecified atom stereocenters. The fourth-order valence-electron chi connectivity index (χ4n) is 1.17. The van der Waals surface area contributed by atoms with Crippen LogP contribution in [0, 0.1) is 5.82 Å². The highest BCUT2D eigenvalue weighted by molar-refractivity contribution is 5.98. The van der Waals surface area contributed by atoms with Crippen LogP contribution < -0.4 is 10.1 Å². The molecule has 0 saturated heterocycles. The minimum atomic E-state index is -4.35. The Labute approximate surface area is 106 Å². The maximum atomic E-state index is 13.4. The van der Waals surface area contributed by atoms with Gasteiger partial charge in [0.15, 0.2) is 11.6 Å². The molecule has 0 aromatic heterocycles. The number of rotatable bonds is 5. The molecule has 0 bridgehead atoms. The molecular weight excluding hydrogens is 266 g/mol. The van der Waals surface area contributed by atoms with Gasteiger partial charge < -0.3 is 10.1 Å². The van der Waals surface area contributed by atoms with Crippen LogP contribution in [0.2, 0.25) is 0 Å². The number of carbonyl (C=O) groups excluding carboxylic acids is 1. The number of anilines is 1. The van der Waals surface area contributed by atoms with Crippen LogP contribution in [-0.4, -0.2) is 18.7 Å².